The molecule has 66 heavy (non-hydrogen) atoms. The van der Waals surface area contributed by atoms with E-state index in [1.807, 2.05) is 0 Å². The van der Waals surface area contributed by atoms with Gasteiger partial charge in [-0.25, -0.2) is 14.4 Å². The van der Waals surface area contributed by atoms with Crippen molar-refractivity contribution in [1.29, 1.82) is 0 Å². The van der Waals surface area contributed by atoms with Crippen LogP contribution in [0.1, 0.15) is 116 Å². The standard InChI is InChI=1S/C49H63NO16/c1-26(51)17-16-22-34(54)63-38(36(29-18-12-10-13-19-29)50-44(59)66-45(4,5)6)43(58)62-31-24-49(60)41(64-42(57)30-20-14-11-15-21-30)39-47(9,40(56)37(55)35(27(31)2)46(49,7)8)32(53)23-33-48(39,25-61-33)65-28(3)52/h10-15,18-21,31-33,36-41,53,55-56,60H,16-17,22-25H2,1-9H3,(H,50,59)/t31-,32-,33+,36-,37+,38+,39-,40+,41-,47+,48-,49+/m0/s1. The van der Waals surface area contributed by atoms with Gasteiger partial charge in [0.1, 0.15) is 47.4 Å². The first-order chi connectivity index (χ1) is 30.8. The second kappa shape index (κ2) is 18.8. The van der Waals surface area contributed by atoms with Crippen LogP contribution in [-0.4, -0.2) is 122 Å². The number of fused-ring (bicyclic) bond motifs is 5. The molecule has 2 bridgehead atoms. The molecule has 1 amide bonds. The molecule has 3 aliphatic carbocycles. The predicted octanol–water partition coefficient (Wildman–Crippen LogP) is 4.36. The Morgan fingerprint density at radius 1 is 0.894 bits per heavy atom. The van der Waals surface area contributed by atoms with Gasteiger partial charge in [0.15, 0.2) is 5.60 Å². The Morgan fingerprint density at radius 2 is 1.52 bits per heavy atom. The molecule has 1 heterocycles. The SMILES string of the molecule is CC(=O)CCCC(=O)O[C@@H](C(=O)O[C@H]1C[C@@]2(O)[C@@H](OC(=O)c3ccccc3)[C@@H]3[C@]4(OC(C)=O)CO[C@@H]4C[C@H](O)[C@@]3(C)[C@H](O)[C@H](O)C(=C1C)C2(C)C)[C@@H](NC(=O)OC(C)(C)C)c1ccccc1. The third kappa shape index (κ3) is 9.37. The van der Waals surface area contributed by atoms with E-state index in [-0.39, 0.29) is 54.8 Å². The van der Waals surface area contributed by atoms with Crippen molar-refractivity contribution >= 4 is 35.8 Å². The number of ether oxygens (including phenoxy) is 6. The molecule has 2 saturated carbocycles. The maximum absolute atomic E-state index is 14.9. The Labute approximate surface area is 384 Å². The fraction of sp³-hybridized carbons (Fsp3) is 0.592. The van der Waals surface area contributed by atoms with Crippen LogP contribution in [0.4, 0.5) is 4.79 Å². The summed E-state index contributed by atoms with van der Waals surface area (Å²) < 4.78 is 36.0. The number of aliphatic hydroxyl groups is 4. The monoisotopic (exact) mass is 921 g/mol. The highest BCUT2D eigenvalue weighted by molar-refractivity contribution is 5.89. The van der Waals surface area contributed by atoms with Gasteiger partial charge in [0, 0.05) is 43.4 Å². The zero-order valence-electron chi connectivity index (χ0n) is 38.9. The van der Waals surface area contributed by atoms with Crippen LogP contribution in [0.25, 0.3) is 0 Å². The summed E-state index contributed by atoms with van der Waals surface area (Å²) in [6, 6.07) is 14.6. The number of ketones is 1. The summed E-state index contributed by atoms with van der Waals surface area (Å²) in [7, 11) is 0. The molecule has 0 radical (unpaired) electrons. The molecule has 0 spiro atoms. The predicted molar refractivity (Wildman–Crippen MR) is 233 cm³/mol. The van der Waals surface area contributed by atoms with Crippen molar-refractivity contribution in [3.05, 3.63) is 82.9 Å². The highest BCUT2D eigenvalue weighted by Crippen LogP contribution is 2.65. The van der Waals surface area contributed by atoms with E-state index in [1.54, 1.807) is 83.1 Å². The number of nitrogens with one attached hydrogen (secondary N) is 1. The van der Waals surface area contributed by atoms with Crippen LogP contribution in [0.15, 0.2) is 71.8 Å². The van der Waals surface area contributed by atoms with Gasteiger partial charge in [-0.2, -0.15) is 0 Å². The molecule has 0 unspecified atom stereocenters. The van der Waals surface area contributed by atoms with Crippen LogP contribution in [0.3, 0.4) is 0 Å². The van der Waals surface area contributed by atoms with Crippen LogP contribution in [0.2, 0.25) is 0 Å². The summed E-state index contributed by atoms with van der Waals surface area (Å²) in [6.45, 7) is 13.3. The molecule has 1 aliphatic heterocycles. The maximum atomic E-state index is 14.9. The minimum absolute atomic E-state index is 0.00743. The van der Waals surface area contributed by atoms with E-state index >= 15 is 0 Å². The maximum Gasteiger partial charge on any atom is 0.408 e. The number of Topliss-reactive ketones (excluding diaryl/α,β-unsaturated/α-hetero) is 1. The number of carbonyl (C=O) groups excluding carboxylic acids is 6. The molecule has 360 valence electrons. The van der Waals surface area contributed by atoms with E-state index in [9.17, 15) is 49.2 Å². The summed E-state index contributed by atoms with van der Waals surface area (Å²) in [5, 5.41) is 53.4. The van der Waals surface area contributed by atoms with Crippen LogP contribution < -0.4 is 5.32 Å². The summed E-state index contributed by atoms with van der Waals surface area (Å²) in [6.07, 6.45) is -13.3. The van der Waals surface area contributed by atoms with Gasteiger partial charge in [0.25, 0.3) is 0 Å². The number of hydrogen-bond donors (Lipinski definition) is 5. The van der Waals surface area contributed by atoms with E-state index in [0.717, 1.165) is 6.92 Å². The number of alkyl carbamates (subject to hydrolysis) is 1. The summed E-state index contributed by atoms with van der Waals surface area (Å²) in [5.74, 6) is -5.44. The molecule has 3 fully saturated rings. The average Bonchev–Trinajstić information content (AvgIpc) is 3.23. The fourth-order valence-corrected chi connectivity index (χ4v) is 10.6. The third-order valence-corrected chi connectivity index (χ3v) is 13.9. The Morgan fingerprint density at radius 3 is 2.08 bits per heavy atom. The molecule has 4 aliphatic rings. The van der Waals surface area contributed by atoms with Crippen molar-refractivity contribution in [3.63, 3.8) is 0 Å². The van der Waals surface area contributed by atoms with Crippen molar-refractivity contribution in [3.8, 4) is 0 Å². The minimum atomic E-state index is -2.39. The van der Waals surface area contributed by atoms with Gasteiger partial charge in [-0.15, -0.1) is 0 Å². The van der Waals surface area contributed by atoms with Crippen molar-refractivity contribution in [2.75, 3.05) is 6.61 Å². The van der Waals surface area contributed by atoms with Gasteiger partial charge in [0.2, 0.25) is 6.10 Å². The lowest BCUT2D eigenvalue weighted by atomic mass is 9.44. The molecule has 0 aromatic heterocycles. The van der Waals surface area contributed by atoms with Gasteiger partial charge in [0.05, 0.1) is 30.3 Å². The van der Waals surface area contributed by atoms with Gasteiger partial charge in [-0.3, -0.25) is 9.59 Å². The first kappa shape index (κ1) is 50.2. The smallest absolute Gasteiger partial charge is 0.408 e. The minimum Gasteiger partial charge on any atom is -0.455 e. The fourth-order valence-electron chi connectivity index (χ4n) is 10.6. The first-order valence-corrected chi connectivity index (χ1v) is 22.3. The average molecular weight is 922 g/mol. The lowest BCUT2D eigenvalue weighted by Gasteiger charge is -2.69. The third-order valence-electron chi connectivity index (χ3n) is 13.9. The van der Waals surface area contributed by atoms with Crippen molar-refractivity contribution in [2.45, 2.75) is 160 Å². The van der Waals surface area contributed by atoms with Crippen LogP contribution in [0, 0.1) is 16.7 Å². The van der Waals surface area contributed by atoms with E-state index in [2.05, 4.69) is 5.32 Å². The number of esters is 4. The molecular formula is C49H63NO16. The molecule has 12 atom stereocenters. The molecular weight excluding hydrogens is 859 g/mol. The number of benzene rings is 2. The summed E-state index contributed by atoms with van der Waals surface area (Å²) in [5.41, 5.74) is -8.05. The molecule has 1 saturated heterocycles. The van der Waals surface area contributed by atoms with E-state index in [1.165, 1.54) is 32.9 Å². The topological polar surface area (TPSA) is 251 Å². The zero-order valence-corrected chi connectivity index (χ0v) is 38.9. The van der Waals surface area contributed by atoms with Gasteiger partial charge >= 0.3 is 30.0 Å². The largest absolute Gasteiger partial charge is 0.455 e. The Kier molecular flexibility index (Phi) is 14.3. The molecule has 17 heteroatoms. The van der Waals surface area contributed by atoms with Crippen LogP contribution in [0.5, 0.6) is 0 Å². The molecule has 2 aromatic rings. The normalized spacial score (nSPS) is 32.0. The van der Waals surface area contributed by atoms with Gasteiger partial charge in [-0.1, -0.05) is 69.3 Å². The molecule has 2 aromatic carbocycles. The Balaban J connectivity index is 1.51. The first-order valence-electron chi connectivity index (χ1n) is 22.3. The second-order valence-electron chi connectivity index (χ2n) is 19.8. The number of carbonyl (C=O) groups is 6. The zero-order chi connectivity index (χ0) is 48.7. The number of aliphatic hydroxyl groups excluding tert-OH is 3. The summed E-state index contributed by atoms with van der Waals surface area (Å²) >= 11 is 0. The lowest BCUT2D eigenvalue weighted by molar-refractivity contribution is -0.365. The van der Waals surface area contributed by atoms with E-state index < -0.39 is 119 Å². The van der Waals surface area contributed by atoms with E-state index in [4.69, 9.17) is 28.4 Å². The molecule has 5 N–H and O–H groups in total. The number of hydrogen-bond acceptors (Lipinski definition) is 16. The van der Waals surface area contributed by atoms with E-state index in [0.29, 0.717) is 5.56 Å². The van der Waals surface area contributed by atoms with Crippen LogP contribution in [-0.2, 0) is 47.6 Å². The quantitative estimate of drug-likeness (QED) is 0.106. The van der Waals surface area contributed by atoms with Gasteiger partial charge < -0.3 is 59.0 Å². The van der Waals surface area contributed by atoms with Gasteiger partial charge in [-0.05, 0) is 69.9 Å². The Bertz CT molecular complexity index is 2200. The molecule has 17 nitrogen and oxygen atoms in total. The van der Waals surface area contributed by atoms with Crippen molar-refractivity contribution < 1.29 is 77.6 Å². The highest BCUT2D eigenvalue weighted by atomic mass is 16.6. The Hall–Kier alpha value is -5.20. The molecule has 6 rings (SSSR count). The van der Waals surface area contributed by atoms with Crippen LogP contribution >= 0.6 is 0 Å². The highest BCUT2D eigenvalue weighted by Gasteiger charge is 2.77. The number of rotatable bonds is 13. The second-order valence-corrected chi connectivity index (χ2v) is 19.8. The lowest BCUT2D eigenvalue weighted by Crippen LogP contribution is -2.82. The van der Waals surface area contributed by atoms with Crippen molar-refractivity contribution in [1.82, 2.24) is 5.32 Å². The summed E-state index contributed by atoms with van der Waals surface area (Å²) in [4.78, 5) is 80.9. The van der Waals surface area contributed by atoms with Crippen molar-refractivity contribution in [2.24, 2.45) is 16.7 Å². The number of amides is 1.